The van der Waals surface area contributed by atoms with E-state index < -0.39 is 11.6 Å². The minimum atomic E-state index is -0.590. The van der Waals surface area contributed by atoms with Crippen molar-refractivity contribution in [3.63, 3.8) is 0 Å². The molecule has 7 nitrogen and oxygen atoms in total. The summed E-state index contributed by atoms with van der Waals surface area (Å²) in [6.07, 6.45) is 4.42. The second-order valence-electron chi connectivity index (χ2n) is 10.7. The van der Waals surface area contributed by atoms with Crippen molar-refractivity contribution in [3.05, 3.63) is 64.7 Å². The molecule has 3 amide bonds. The lowest BCUT2D eigenvalue weighted by molar-refractivity contribution is -0.159. The van der Waals surface area contributed by atoms with Crippen LogP contribution in [0.5, 0.6) is 0 Å². The van der Waals surface area contributed by atoms with Gasteiger partial charge in [0.05, 0.1) is 0 Å². The molecule has 7 heteroatoms. The van der Waals surface area contributed by atoms with Gasteiger partial charge < -0.3 is 19.9 Å². The van der Waals surface area contributed by atoms with Gasteiger partial charge >= 0.3 is 12.0 Å². The molecule has 0 spiro atoms. The summed E-state index contributed by atoms with van der Waals surface area (Å²) in [4.78, 5) is 42.3. The number of hydrogen-bond donors (Lipinski definition) is 1. The molecule has 0 bridgehead atoms. The Balaban J connectivity index is 1.41. The highest BCUT2D eigenvalue weighted by Gasteiger charge is 2.37. The van der Waals surface area contributed by atoms with E-state index in [9.17, 15) is 14.4 Å². The van der Waals surface area contributed by atoms with Gasteiger partial charge in [-0.15, -0.1) is 0 Å². The number of benzene rings is 2. The van der Waals surface area contributed by atoms with Crippen molar-refractivity contribution >= 4 is 23.6 Å². The molecule has 2 heterocycles. The Labute approximate surface area is 213 Å². The Morgan fingerprint density at radius 3 is 2.56 bits per heavy atom. The third kappa shape index (κ3) is 5.89. The smallest absolute Gasteiger partial charge is 0.329 e. The first-order valence-corrected chi connectivity index (χ1v) is 12.9. The van der Waals surface area contributed by atoms with E-state index in [1.165, 1.54) is 5.56 Å². The molecule has 2 aliphatic rings. The molecule has 0 aromatic heterocycles. The first-order valence-electron chi connectivity index (χ1n) is 12.9. The van der Waals surface area contributed by atoms with Crippen LogP contribution < -0.4 is 10.2 Å². The van der Waals surface area contributed by atoms with Crippen molar-refractivity contribution in [2.45, 2.75) is 78.0 Å². The molecule has 2 aliphatic heterocycles. The summed E-state index contributed by atoms with van der Waals surface area (Å²) in [5.41, 5.74) is 4.14. The van der Waals surface area contributed by atoms with E-state index >= 15 is 0 Å². The molecule has 0 saturated carbocycles. The van der Waals surface area contributed by atoms with Crippen LogP contribution in [0.25, 0.3) is 0 Å². The highest BCUT2D eigenvalue weighted by Crippen LogP contribution is 2.28. The number of ether oxygens (including phenoxy) is 1. The molecular weight excluding hydrogens is 454 g/mol. The number of likely N-dealkylation sites (tertiary alicyclic amines) is 1. The van der Waals surface area contributed by atoms with E-state index in [0.29, 0.717) is 31.6 Å². The number of anilines is 1. The lowest BCUT2D eigenvalue weighted by atomic mass is 10.0. The van der Waals surface area contributed by atoms with E-state index in [1.807, 2.05) is 69.0 Å². The number of nitrogens with zero attached hydrogens (tertiary/aromatic N) is 2. The number of amides is 3. The molecule has 2 aromatic rings. The van der Waals surface area contributed by atoms with E-state index in [1.54, 1.807) is 4.90 Å². The molecule has 0 unspecified atom stereocenters. The molecule has 1 N–H and O–H groups in total. The van der Waals surface area contributed by atoms with Crippen molar-refractivity contribution < 1.29 is 19.1 Å². The fourth-order valence-corrected chi connectivity index (χ4v) is 4.98. The van der Waals surface area contributed by atoms with Gasteiger partial charge in [0.2, 0.25) is 0 Å². The van der Waals surface area contributed by atoms with Crippen LogP contribution in [0.3, 0.4) is 0 Å². The van der Waals surface area contributed by atoms with Crippen molar-refractivity contribution in [3.8, 4) is 0 Å². The summed E-state index contributed by atoms with van der Waals surface area (Å²) in [6.45, 7) is 8.99. The predicted molar refractivity (Wildman–Crippen MR) is 140 cm³/mol. The average Bonchev–Trinajstić information content (AvgIpc) is 3.23. The second kappa shape index (κ2) is 10.7. The summed E-state index contributed by atoms with van der Waals surface area (Å²) >= 11 is 0. The zero-order valence-corrected chi connectivity index (χ0v) is 21.8. The lowest BCUT2D eigenvalue weighted by Crippen LogP contribution is -2.47. The van der Waals surface area contributed by atoms with Gasteiger partial charge in [-0.2, -0.15) is 0 Å². The van der Waals surface area contributed by atoms with Gasteiger partial charge in [-0.1, -0.05) is 24.3 Å². The van der Waals surface area contributed by atoms with E-state index in [2.05, 4.69) is 11.4 Å². The van der Waals surface area contributed by atoms with Gasteiger partial charge in [-0.05, 0) is 94.7 Å². The SMILES string of the molecule is Cc1cc(C(=O)N2CCCCc3ccccc32)ccc1CNC(=O)N1CCC[C@H]1C(=O)OC(C)(C)C. The third-order valence-corrected chi connectivity index (χ3v) is 6.82. The van der Waals surface area contributed by atoms with Crippen LogP contribution in [0.2, 0.25) is 0 Å². The predicted octanol–water partition coefficient (Wildman–Crippen LogP) is 4.99. The number of urea groups is 1. The number of esters is 1. The average molecular weight is 492 g/mol. The Morgan fingerprint density at radius 2 is 1.81 bits per heavy atom. The van der Waals surface area contributed by atoms with Crippen LogP contribution in [-0.4, -0.2) is 47.5 Å². The van der Waals surface area contributed by atoms with Crippen LogP contribution in [-0.2, 0) is 22.5 Å². The molecule has 0 radical (unpaired) electrons. The third-order valence-electron chi connectivity index (χ3n) is 6.82. The van der Waals surface area contributed by atoms with Crippen LogP contribution in [0.1, 0.15) is 73.5 Å². The zero-order valence-electron chi connectivity index (χ0n) is 21.8. The monoisotopic (exact) mass is 491 g/mol. The zero-order chi connectivity index (χ0) is 25.9. The molecule has 1 fully saturated rings. The van der Waals surface area contributed by atoms with Gasteiger partial charge in [-0.25, -0.2) is 9.59 Å². The number of para-hydroxylation sites is 1. The number of carbonyl (C=O) groups excluding carboxylic acids is 3. The Kier molecular flexibility index (Phi) is 7.67. The summed E-state index contributed by atoms with van der Waals surface area (Å²) in [5, 5.41) is 2.95. The summed E-state index contributed by atoms with van der Waals surface area (Å²) in [5.74, 6) is -0.357. The quantitative estimate of drug-likeness (QED) is 0.611. The first kappa shape index (κ1) is 25.7. The largest absolute Gasteiger partial charge is 0.458 e. The second-order valence-corrected chi connectivity index (χ2v) is 10.7. The van der Waals surface area contributed by atoms with Crippen molar-refractivity contribution in [1.82, 2.24) is 10.2 Å². The molecular formula is C29H37N3O4. The Bertz CT molecular complexity index is 1140. The topological polar surface area (TPSA) is 79.0 Å². The Hall–Kier alpha value is -3.35. The molecule has 0 aliphatic carbocycles. The molecule has 1 saturated heterocycles. The highest BCUT2D eigenvalue weighted by atomic mass is 16.6. The van der Waals surface area contributed by atoms with Crippen molar-refractivity contribution in [2.24, 2.45) is 0 Å². The van der Waals surface area contributed by atoms with Gasteiger partial charge in [0.25, 0.3) is 5.91 Å². The van der Waals surface area contributed by atoms with Gasteiger partial charge in [0.1, 0.15) is 11.6 Å². The van der Waals surface area contributed by atoms with Crippen molar-refractivity contribution in [2.75, 3.05) is 18.0 Å². The summed E-state index contributed by atoms with van der Waals surface area (Å²) in [6, 6.07) is 12.9. The van der Waals surface area contributed by atoms with Crippen LogP contribution in [0.4, 0.5) is 10.5 Å². The molecule has 1 atom stereocenters. The van der Waals surface area contributed by atoms with E-state index in [4.69, 9.17) is 4.74 Å². The maximum atomic E-state index is 13.4. The van der Waals surface area contributed by atoms with E-state index in [0.717, 1.165) is 42.5 Å². The summed E-state index contributed by atoms with van der Waals surface area (Å²) in [7, 11) is 0. The number of fused-ring (bicyclic) bond motifs is 1. The van der Waals surface area contributed by atoms with Crippen LogP contribution in [0, 0.1) is 6.92 Å². The number of rotatable bonds is 4. The Morgan fingerprint density at radius 1 is 1.03 bits per heavy atom. The maximum absolute atomic E-state index is 13.4. The van der Waals surface area contributed by atoms with Gasteiger partial charge in [0.15, 0.2) is 0 Å². The number of carbonyl (C=O) groups is 3. The normalized spacial score (nSPS) is 17.8. The lowest BCUT2D eigenvalue weighted by Gasteiger charge is -2.27. The number of nitrogens with one attached hydrogen (secondary N) is 1. The number of hydrogen-bond acceptors (Lipinski definition) is 4. The standard InChI is InChI=1S/C29H37N3O4/c1-20-18-22(26(33)31-16-8-7-11-21-10-5-6-12-24(21)31)14-15-23(20)19-30-28(35)32-17-9-13-25(32)27(34)36-29(2,3)4/h5-6,10,12,14-15,18,25H,7-9,11,13,16-17,19H2,1-4H3,(H,30,35)/t25-/m0/s1. The van der Waals surface area contributed by atoms with Crippen LogP contribution in [0.15, 0.2) is 42.5 Å². The molecule has 192 valence electrons. The fourth-order valence-electron chi connectivity index (χ4n) is 4.98. The van der Waals surface area contributed by atoms with Crippen LogP contribution >= 0.6 is 0 Å². The summed E-state index contributed by atoms with van der Waals surface area (Å²) < 4.78 is 5.50. The van der Waals surface area contributed by atoms with Gasteiger partial charge in [0, 0.05) is 30.9 Å². The highest BCUT2D eigenvalue weighted by molar-refractivity contribution is 6.06. The minimum absolute atomic E-state index is 0.000282. The van der Waals surface area contributed by atoms with Crippen molar-refractivity contribution in [1.29, 1.82) is 0 Å². The number of aryl methyl sites for hydroxylation is 2. The molecule has 4 rings (SSSR count). The first-order chi connectivity index (χ1) is 17.1. The maximum Gasteiger partial charge on any atom is 0.329 e. The fraction of sp³-hybridized carbons (Fsp3) is 0.483. The molecule has 2 aromatic carbocycles. The molecule has 36 heavy (non-hydrogen) atoms. The van der Waals surface area contributed by atoms with Gasteiger partial charge in [-0.3, -0.25) is 4.79 Å². The van der Waals surface area contributed by atoms with E-state index in [-0.39, 0.29) is 17.9 Å². The minimum Gasteiger partial charge on any atom is -0.458 e.